The fourth-order valence-corrected chi connectivity index (χ4v) is 1.16. The molecule has 0 N–H and O–H groups in total. The van der Waals surface area contributed by atoms with Gasteiger partial charge in [0.15, 0.2) is 0 Å². The van der Waals surface area contributed by atoms with E-state index in [1.165, 1.54) is 30.7 Å². The summed E-state index contributed by atoms with van der Waals surface area (Å²) in [5, 5.41) is 0. The van der Waals surface area contributed by atoms with Gasteiger partial charge in [0.1, 0.15) is 5.69 Å². The fourth-order valence-electron chi connectivity index (χ4n) is 1.16. The van der Waals surface area contributed by atoms with E-state index in [-0.39, 0.29) is 11.3 Å². The molecule has 0 radical (unpaired) electrons. The summed E-state index contributed by atoms with van der Waals surface area (Å²) >= 11 is 0. The van der Waals surface area contributed by atoms with E-state index in [2.05, 4.69) is 14.7 Å². The summed E-state index contributed by atoms with van der Waals surface area (Å²) < 4.78 is 4.64. The van der Waals surface area contributed by atoms with E-state index in [9.17, 15) is 9.59 Å². The summed E-state index contributed by atoms with van der Waals surface area (Å²) in [6.45, 7) is 0. The molecule has 0 aliphatic heterocycles. The number of hydrogen-bond acceptors (Lipinski definition) is 5. The maximum absolute atomic E-state index is 11.5. The predicted molar refractivity (Wildman–Crippen MR) is 58.2 cm³/mol. The first-order chi connectivity index (χ1) is 8.27. The molecule has 0 saturated carbocycles. The van der Waals surface area contributed by atoms with Crippen molar-refractivity contribution in [2.24, 2.45) is 0 Å². The molecule has 2 rings (SSSR count). The Bertz CT molecular complexity index is 476. The van der Waals surface area contributed by atoms with Crippen LogP contribution in [0.5, 0.6) is 0 Å². The molecule has 0 aromatic carbocycles. The molecular weight excluding hydrogens is 220 g/mol. The molecule has 2 aromatic rings. The summed E-state index contributed by atoms with van der Waals surface area (Å²) in [6.07, 6.45) is 4.30. The number of carbonyl (C=O) groups excluding carboxylic acids is 2. The molecule has 5 heteroatoms. The normalized spacial score (nSPS) is 9.65. The Kier molecular flexibility index (Phi) is 3.20. The highest BCUT2D eigenvalue weighted by molar-refractivity contribution is 6.01. The molecule has 0 spiro atoms. The van der Waals surface area contributed by atoms with Crippen LogP contribution in [0.15, 0.2) is 48.9 Å². The number of esters is 2. The third-order valence-corrected chi connectivity index (χ3v) is 1.96. The second-order valence-corrected chi connectivity index (χ2v) is 3.13. The van der Waals surface area contributed by atoms with Crippen molar-refractivity contribution in [3.05, 3.63) is 60.2 Å². The molecule has 84 valence electrons. The third kappa shape index (κ3) is 2.72. The Morgan fingerprint density at radius 1 is 1.00 bits per heavy atom. The van der Waals surface area contributed by atoms with Gasteiger partial charge in [0.2, 0.25) is 0 Å². The van der Waals surface area contributed by atoms with Crippen LogP contribution in [0.1, 0.15) is 20.8 Å². The van der Waals surface area contributed by atoms with Crippen LogP contribution >= 0.6 is 0 Å². The molecule has 0 aliphatic rings. The van der Waals surface area contributed by atoms with Gasteiger partial charge in [-0.2, -0.15) is 0 Å². The van der Waals surface area contributed by atoms with Gasteiger partial charge in [-0.3, -0.25) is 4.98 Å². The van der Waals surface area contributed by atoms with Crippen molar-refractivity contribution in [1.82, 2.24) is 9.97 Å². The number of nitrogens with zero attached hydrogens (tertiary/aromatic N) is 2. The molecule has 0 unspecified atom stereocenters. The molecule has 0 saturated heterocycles. The zero-order chi connectivity index (χ0) is 12.1. The number of pyridine rings is 2. The second kappa shape index (κ2) is 4.98. The van der Waals surface area contributed by atoms with E-state index in [1.54, 1.807) is 18.2 Å². The molecule has 2 aromatic heterocycles. The minimum absolute atomic E-state index is 0.0877. The highest BCUT2D eigenvalue weighted by atomic mass is 16.6. The van der Waals surface area contributed by atoms with Crippen LogP contribution in [0.25, 0.3) is 0 Å². The molecular formula is C12H8N2O3. The lowest BCUT2D eigenvalue weighted by Gasteiger charge is -2.01. The van der Waals surface area contributed by atoms with Gasteiger partial charge in [-0.25, -0.2) is 14.6 Å². The maximum Gasteiger partial charge on any atom is 0.364 e. The number of aromatic nitrogens is 2. The molecule has 0 bridgehead atoms. The number of carbonyl (C=O) groups is 2. The lowest BCUT2D eigenvalue weighted by Crippen LogP contribution is -2.13. The monoisotopic (exact) mass is 228 g/mol. The maximum atomic E-state index is 11.5. The highest BCUT2D eigenvalue weighted by Crippen LogP contribution is 2.03. The minimum atomic E-state index is -0.778. The molecule has 2 heterocycles. The summed E-state index contributed by atoms with van der Waals surface area (Å²) in [4.78, 5) is 30.6. The largest absolute Gasteiger partial charge is 0.385 e. The van der Waals surface area contributed by atoms with E-state index in [4.69, 9.17) is 0 Å². The summed E-state index contributed by atoms with van der Waals surface area (Å²) in [5.74, 6) is -1.52. The standard InChI is InChI=1S/C12H8N2O3/c15-11(9-4-3-6-13-8-9)17-12(16)10-5-1-2-7-14-10/h1-8H. The second-order valence-electron chi connectivity index (χ2n) is 3.13. The average molecular weight is 228 g/mol. The molecule has 5 nitrogen and oxygen atoms in total. The Morgan fingerprint density at radius 2 is 1.88 bits per heavy atom. The van der Waals surface area contributed by atoms with Crippen molar-refractivity contribution in [1.29, 1.82) is 0 Å². The van der Waals surface area contributed by atoms with Gasteiger partial charge in [-0.1, -0.05) is 6.07 Å². The molecule has 0 aliphatic carbocycles. The smallest absolute Gasteiger partial charge is 0.364 e. The van der Waals surface area contributed by atoms with Crippen LogP contribution in [-0.4, -0.2) is 21.9 Å². The van der Waals surface area contributed by atoms with Gasteiger partial charge in [0, 0.05) is 18.6 Å². The Hall–Kier alpha value is -2.56. The first-order valence-corrected chi connectivity index (χ1v) is 4.85. The zero-order valence-electron chi connectivity index (χ0n) is 8.74. The molecule has 17 heavy (non-hydrogen) atoms. The van der Waals surface area contributed by atoms with Crippen molar-refractivity contribution in [3.8, 4) is 0 Å². The number of ether oxygens (including phenoxy) is 1. The Balaban J connectivity index is 2.08. The van der Waals surface area contributed by atoms with Crippen LogP contribution in [0.3, 0.4) is 0 Å². The van der Waals surface area contributed by atoms with Crippen molar-refractivity contribution in [3.63, 3.8) is 0 Å². The van der Waals surface area contributed by atoms with E-state index in [0.29, 0.717) is 0 Å². The van der Waals surface area contributed by atoms with Crippen LogP contribution in [0, 0.1) is 0 Å². The number of rotatable bonds is 2. The predicted octanol–water partition coefficient (Wildman–Crippen LogP) is 1.47. The summed E-state index contributed by atoms with van der Waals surface area (Å²) in [5.41, 5.74) is 0.307. The molecule has 0 fully saturated rings. The van der Waals surface area contributed by atoms with Gasteiger partial charge in [-0.15, -0.1) is 0 Å². The molecule has 0 amide bonds. The van der Waals surface area contributed by atoms with E-state index in [0.717, 1.165) is 0 Å². The average Bonchev–Trinajstić information content (AvgIpc) is 2.40. The highest BCUT2D eigenvalue weighted by Gasteiger charge is 2.15. The summed E-state index contributed by atoms with van der Waals surface area (Å²) in [6, 6.07) is 7.87. The first-order valence-electron chi connectivity index (χ1n) is 4.85. The topological polar surface area (TPSA) is 69.2 Å². The van der Waals surface area contributed by atoms with E-state index >= 15 is 0 Å². The zero-order valence-corrected chi connectivity index (χ0v) is 8.74. The van der Waals surface area contributed by atoms with Crippen LogP contribution in [-0.2, 0) is 4.74 Å². The lowest BCUT2D eigenvalue weighted by atomic mass is 10.3. The van der Waals surface area contributed by atoms with Gasteiger partial charge in [0.05, 0.1) is 5.56 Å². The van der Waals surface area contributed by atoms with Gasteiger partial charge < -0.3 is 4.74 Å². The van der Waals surface area contributed by atoms with Crippen molar-refractivity contribution in [2.75, 3.05) is 0 Å². The van der Waals surface area contributed by atoms with Gasteiger partial charge >= 0.3 is 11.9 Å². The summed E-state index contributed by atoms with van der Waals surface area (Å²) in [7, 11) is 0. The Morgan fingerprint density at radius 3 is 2.53 bits per heavy atom. The third-order valence-electron chi connectivity index (χ3n) is 1.96. The quantitative estimate of drug-likeness (QED) is 0.575. The van der Waals surface area contributed by atoms with Crippen LogP contribution in [0.2, 0.25) is 0 Å². The molecule has 0 atom stereocenters. The van der Waals surface area contributed by atoms with Crippen molar-refractivity contribution >= 4 is 11.9 Å². The van der Waals surface area contributed by atoms with Crippen LogP contribution < -0.4 is 0 Å². The van der Waals surface area contributed by atoms with E-state index in [1.807, 2.05) is 0 Å². The van der Waals surface area contributed by atoms with Crippen molar-refractivity contribution < 1.29 is 14.3 Å². The van der Waals surface area contributed by atoms with Gasteiger partial charge in [0.25, 0.3) is 0 Å². The fraction of sp³-hybridized carbons (Fsp3) is 0. The lowest BCUT2D eigenvalue weighted by molar-refractivity contribution is 0.0393. The number of hydrogen-bond donors (Lipinski definition) is 0. The first kappa shape index (κ1) is 10.9. The van der Waals surface area contributed by atoms with E-state index < -0.39 is 11.9 Å². The van der Waals surface area contributed by atoms with Crippen molar-refractivity contribution in [2.45, 2.75) is 0 Å². The van der Waals surface area contributed by atoms with Gasteiger partial charge in [-0.05, 0) is 24.3 Å². The SMILES string of the molecule is O=C(OC(=O)c1ccccn1)c1cccnc1. The Labute approximate surface area is 97.1 Å². The minimum Gasteiger partial charge on any atom is -0.385 e. The van der Waals surface area contributed by atoms with Crippen LogP contribution in [0.4, 0.5) is 0 Å².